The molecular weight excluding hydrogens is 322 g/mol. The summed E-state index contributed by atoms with van der Waals surface area (Å²) in [5.41, 5.74) is 2.15. The van der Waals surface area contributed by atoms with Crippen LogP contribution in [0.3, 0.4) is 0 Å². The van der Waals surface area contributed by atoms with E-state index < -0.39 is 5.97 Å². The van der Waals surface area contributed by atoms with Crippen LogP contribution in [0, 0.1) is 0 Å². The number of nitrogens with zero attached hydrogens (tertiary/aromatic N) is 4. The fraction of sp³-hybridized carbons (Fsp3) is 0.412. The Morgan fingerprint density at radius 2 is 2.08 bits per heavy atom. The summed E-state index contributed by atoms with van der Waals surface area (Å²) in [5, 5.41) is 0. The number of carbonyl (C=O) groups is 1. The predicted molar refractivity (Wildman–Crippen MR) is 92.6 cm³/mol. The third kappa shape index (κ3) is 2.95. The molecule has 3 heterocycles. The van der Waals surface area contributed by atoms with Crippen LogP contribution in [0.5, 0.6) is 0 Å². The molecule has 0 saturated heterocycles. The first kappa shape index (κ1) is 16.9. The van der Waals surface area contributed by atoms with Gasteiger partial charge in [0.1, 0.15) is 0 Å². The Balaban J connectivity index is 2.24. The maximum atomic E-state index is 13.1. The van der Waals surface area contributed by atoms with E-state index in [9.17, 15) is 9.59 Å². The number of esters is 1. The molecule has 8 nitrogen and oxygen atoms in total. The molecule has 0 saturated carbocycles. The predicted octanol–water partition coefficient (Wildman–Crippen LogP) is 2.12. The Kier molecular flexibility index (Phi) is 4.69. The normalized spacial score (nSPS) is 11.4. The Morgan fingerprint density at radius 3 is 2.68 bits per heavy atom. The summed E-state index contributed by atoms with van der Waals surface area (Å²) >= 11 is 0. The van der Waals surface area contributed by atoms with Crippen LogP contribution in [0.15, 0.2) is 29.6 Å². The van der Waals surface area contributed by atoms with Crippen LogP contribution >= 0.6 is 0 Å². The molecule has 0 aliphatic heterocycles. The van der Waals surface area contributed by atoms with Gasteiger partial charge in [-0.2, -0.15) is 0 Å². The van der Waals surface area contributed by atoms with Crippen molar-refractivity contribution in [3.05, 3.63) is 46.5 Å². The molecule has 25 heavy (non-hydrogen) atoms. The topological polar surface area (TPSA) is 94.8 Å². The highest BCUT2D eigenvalue weighted by Gasteiger charge is 2.21. The van der Waals surface area contributed by atoms with Crippen molar-refractivity contribution in [2.45, 2.75) is 39.3 Å². The van der Waals surface area contributed by atoms with Gasteiger partial charge in [0.15, 0.2) is 5.65 Å². The summed E-state index contributed by atoms with van der Waals surface area (Å²) in [6, 6.07) is 1.71. The van der Waals surface area contributed by atoms with Gasteiger partial charge in [-0.3, -0.25) is 9.13 Å². The molecule has 0 amide bonds. The zero-order chi connectivity index (χ0) is 18.0. The molecular formula is C17H21N5O3. The number of hydrogen-bond acceptors (Lipinski definition) is 5. The number of carbonyl (C=O) groups excluding carboxylic acids is 1. The smallest absolute Gasteiger partial charge is 0.339 e. The van der Waals surface area contributed by atoms with Crippen LogP contribution < -0.4 is 5.69 Å². The summed E-state index contributed by atoms with van der Waals surface area (Å²) in [6.07, 6.45) is 6.33. The molecule has 0 spiro atoms. The van der Waals surface area contributed by atoms with Crippen LogP contribution in [0.1, 0.15) is 48.8 Å². The van der Waals surface area contributed by atoms with Crippen molar-refractivity contribution >= 4 is 17.1 Å². The molecule has 3 rings (SSSR count). The number of ether oxygens (including phenoxy) is 1. The monoisotopic (exact) mass is 343 g/mol. The van der Waals surface area contributed by atoms with Gasteiger partial charge in [-0.15, -0.1) is 0 Å². The number of methoxy groups -OCH3 is 1. The van der Waals surface area contributed by atoms with Gasteiger partial charge in [0.2, 0.25) is 0 Å². The van der Waals surface area contributed by atoms with Gasteiger partial charge in [0, 0.05) is 18.4 Å². The first-order valence-corrected chi connectivity index (χ1v) is 8.27. The fourth-order valence-electron chi connectivity index (χ4n) is 3.06. The zero-order valence-electron chi connectivity index (χ0n) is 14.5. The standard InChI is InChI=1S/C17H21N5O3/c1-4-13(5-2)22-15-14(6-11(7-19-15)16(23)25-3)21(17(22)24)9-12-8-18-10-20-12/h6-8,10,13H,4-5,9H2,1-3H3,(H,18,20). The van der Waals surface area contributed by atoms with Crippen molar-refractivity contribution in [2.75, 3.05) is 7.11 Å². The maximum Gasteiger partial charge on any atom is 0.339 e. The van der Waals surface area contributed by atoms with Gasteiger partial charge >= 0.3 is 11.7 Å². The number of imidazole rings is 2. The van der Waals surface area contributed by atoms with E-state index in [1.807, 2.05) is 13.8 Å². The maximum absolute atomic E-state index is 13.1. The van der Waals surface area contributed by atoms with E-state index in [0.29, 0.717) is 23.3 Å². The van der Waals surface area contributed by atoms with E-state index in [-0.39, 0.29) is 11.7 Å². The minimum atomic E-state index is -0.481. The average Bonchev–Trinajstić information content (AvgIpc) is 3.24. The fourth-order valence-corrected chi connectivity index (χ4v) is 3.06. The molecule has 3 aromatic rings. The molecule has 8 heteroatoms. The number of fused-ring (bicyclic) bond motifs is 1. The highest BCUT2D eigenvalue weighted by atomic mass is 16.5. The number of aromatic amines is 1. The lowest BCUT2D eigenvalue weighted by atomic mass is 10.1. The van der Waals surface area contributed by atoms with Crippen molar-refractivity contribution in [1.82, 2.24) is 24.1 Å². The SMILES string of the molecule is CCC(CC)n1c(=O)n(Cc2cnc[nH]2)c2cc(C(=O)OC)cnc21. The highest BCUT2D eigenvalue weighted by molar-refractivity contribution is 5.92. The molecule has 1 N–H and O–H groups in total. The van der Waals surface area contributed by atoms with Crippen LogP contribution in [0.25, 0.3) is 11.2 Å². The van der Waals surface area contributed by atoms with E-state index in [4.69, 9.17) is 4.74 Å². The molecule has 0 aliphatic carbocycles. The third-order valence-corrected chi connectivity index (χ3v) is 4.42. The number of rotatable bonds is 6. The number of H-pyrrole nitrogens is 1. The van der Waals surface area contributed by atoms with Crippen LogP contribution in [-0.2, 0) is 11.3 Å². The Labute approximate surface area is 144 Å². The first-order chi connectivity index (χ1) is 12.1. The number of aromatic nitrogens is 5. The van der Waals surface area contributed by atoms with Crippen molar-refractivity contribution in [3.63, 3.8) is 0 Å². The molecule has 0 atom stereocenters. The molecule has 0 aliphatic rings. The minimum absolute atomic E-state index is 0.0505. The number of nitrogens with one attached hydrogen (secondary N) is 1. The molecule has 0 fully saturated rings. The van der Waals surface area contributed by atoms with E-state index >= 15 is 0 Å². The summed E-state index contributed by atoms with van der Waals surface area (Å²) < 4.78 is 8.10. The van der Waals surface area contributed by atoms with E-state index in [1.54, 1.807) is 27.7 Å². The lowest BCUT2D eigenvalue weighted by molar-refractivity contribution is 0.0600. The van der Waals surface area contributed by atoms with Gasteiger partial charge in [-0.05, 0) is 18.9 Å². The van der Waals surface area contributed by atoms with Gasteiger partial charge in [-0.1, -0.05) is 13.8 Å². The Hall–Kier alpha value is -2.90. The van der Waals surface area contributed by atoms with Crippen molar-refractivity contribution in [2.24, 2.45) is 0 Å². The van der Waals surface area contributed by atoms with E-state index in [0.717, 1.165) is 18.5 Å². The zero-order valence-corrected chi connectivity index (χ0v) is 14.5. The van der Waals surface area contributed by atoms with Gasteiger partial charge in [0.05, 0.1) is 36.8 Å². The lowest BCUT2D eigenvalue weighted by Gasteiger charge is -2.13. The summed E-state index contributed by atoms with van der Waals surface area (Å²) in [4.78, 5) is 36.3. The van der Waals surface area contributed by atoms with Crippen LogP contribution in [-0.4, -0.2) is 37.2 Å². The highest BCUT2D eigenvalue weighted by Crippen LogP contribution is 2.21. The van der Waals surface area contributed by atoms with E-state index in [2.05, 4.69) is 15.0 Å². The Bertz CT molecular complexity index is 935. The molecule has 0 aromatic carbocycles. The average molecular weight is 343 g/mol. The van der Waals surface area contributed by atoms with Crippen molar-refractivity contribution in [3.8, 4) is 0 Å². The summed E-state index contributed by atoms with van der Waals surface area (Å²) in [6.45, 7) is 4.41. The molecule has 3 aromatic heterocycles. The molecule has 0 bridgehead atoms. The van der Waals surface area contributed by atoms with Gasteiger partial charge < -0.3 is 9.72 Å². The second-order valence-electron chi connectivity index (χ2n) is 5.84. The minimum Gasteiger partial charge on any atom is -0.465 e. The third-order valence-electron chi connectivity index (χ3n) is 4.42. The second kappa shape index (κ2) is 6.92. The largest absolute Gasteiger partial charge is 0.465 e. The van der Waals surface area contributed by atoms with Crippen LogP contribution in [0.2, 0.25) is 0 Å². The summed E-state index contributed by atoms with van der Waals surface area (Å²) in [5.74, 6) is -0.481. The lowest BCUT2D eigenvalue weighted by Crippen LogP contribution is -2.27. The van der Waals surface area contributed by atoms with E-state index in [1.165, 1.54) is 13.3 Å². The van der Waals surface area contributed by atoms with Gasteiger partial charge in [0.25, 0.3) is 0 Å². The van der Waals surface area contributed by atoms with Gasteiger partial charge in [-0.25, -0.2) is 19.6 Å². The quantitative estimate of drug-likeness (QED) is 0.692. The van der Waals surface area contributed by atoms with Crippen molar-refractivity contribution < 1.29 is 9.53 Å². The second-order valence-corrected chi connectivity index (χ2v) is 5.84. The van der Waals surface area contributed by atoms with Crippen molar-refractivity contribution in [1.29, 1.82) is 0 Å². The molecule has 0 radical (unpaired) electrons. The first-order valence-electron chi connectivity index (χ1n) is 8.27. The number of pyridine rings is 1. The molecule has 132 valence electrons. The number of hydrogen-bond donors (Lipinski definition) is 1. The Morgan fingerprint density at radius 1 is 1.32 bits per heavy atom. The summed E-state index contributed by atoms with van der Waals surface area (Å²) in [7, 11) is 1.32. The van der Waals surface area contributed by atoms with Crippen LogP contribution in [0.4, 0.5) is 0 Å². The molecule has 0 unspecified atom stereocenters.